The van der Waals surface area contributed by atoms with Crippen molar-refractivity contribution in [1.29, 1.82) is 0 Å². The van der Waals surface area contributed by atoms with Crippen LogP contribution in [0.25, 0.3) is 0 Å². The highest BCUT2D eigenvalue weighted by atomic mass is 32.2. The molecule has 7 rings (SSSR count). The van der Waals surface area contributed by atoms with E-state index in [1.54, 1.807) is 0 Å². The van der Waals surface area contributed by atoms with Gasteiger partial charge in [-0.15, -0.1) is 0 Å². The molecule has 53 heavy (non-hydrogen) atoms. The monoisotopic (exact) mass is 770 g/mol. The lowest BCUT2D eigenvalue weighted by atomic mass is 9.59. The van der Waals surface area contributed by atoms with Gasteiger partial charge in [-0.05, 0) is 114 Å². The maximum atomic E-state index is 14.3. The zero-order valence-corrected chi connectivity index (χ0v) is 31.9. The summed E-state index contributed by atoms with van der Waals surface area (Å²) >= 11 is 0. The molecule has 0 radical (unpaired) electrons. The highest BCUT2D eigenvalue weighted by molar-refractivity contribution is 7.87. The quantitative estimate of drug-likeness (QED) is 0.107. The van der Waals surface area contributed by atoms with Crippen LogP contribution in [0, 0.1) is 45.8 Å². The Kier molecular flexibility index (Phi) is 10.6. The fourth-order valence-corrected chi connectivity index (χ4v) is 12.0. The highest BCUT2D eigenvalue weighted by Crippen LogP contribution is 2.53. The second kappa shape index (κ2) is 14.4. The largest absolute Gasteiger partial charge is 0.465 e. The Labute approximate surface area is 311 Å². The van der Waals surface area contributed by atoms with Gasteiger partial charge in [0.1, 0.15) is 18.8 Å². The molecular formula is C39H56F2O11S. The predicted octanol–water partition coefficient (Wildman–Crippen LogP) is 6.93. The molecule has 0 aromatic rings. The zero-order valence-electron chi connectivity index (χ0n) is 31.1. The van der Waals surface area contributed by atoms with Crippen LogP contribution in [0.2, 0.25) is 0 Å². The van der Waals surface area contributed by atoms with Crippen LogP contribution in [0.15, 0.2) is 11.6 Å². The number of fused-ring (bicyclic) bond motifs is 6. The van der Waals surface area contributed by atoms with E-state index in [-0.39, 0.29) is 75.4 Å². The Morgan fingerprint density at radius 1 is 0.868 bits per heavy atom. The Morgan fingerprint density at radius 2 is 1.51 bits per heavy atom. The second-order valence-corrected chi connectivity index (χ2v) is 19.9. The first kappa shape index (κ1) is 39.1. The van der Waals surface area contributed by atoms with Gasteiger partial charge in [-0.2, -0.15) is 17.2 Å². The summed E-state index contributed by atoms with van der Waals surface area (Å²) in [6.45, 7) is 4.31. The Hall–Kier alpha value is -2.16. The van der Waals surface area contributed by atoms with Crippen molar-refractivity contribution < 1.29 is 59.8 Å². The zero-order chi connectivity index (χ0) is 37.9. The van der Waals surface area contributed by atoms with Crippen molar-refractivity contribution in [2.75, 3.05) is 26.4 Å². The third-order valence-electron chi connectivity index (χ3n) is 13.8. The minimum Gasteiger partial charge on any atom is -0.464 e. The Morgan fingerprint density at radius 3 is 2.21 bits per heavy atom. The van der Waals surface area contributed by atoms with Crippen molar-refractivity contribution in [3.05, 3.63) is 11.6 Å². The van der Waals surface area contributed by atoms with Crippen molar-refractivity contribution >= 4 is 28.0 Å². The lowest BCUT2D eigenvalue weighted by molar-refractivity contribution is -0.279. The number of alkyl halides is 2. The molecule has 1 aliphatic heterocycles. The van der Waals surface area contributed by atoms with Crippen LogP contribution in [0.5, 0.6) is 0 Å². The molecular weight excluding hydrogens is 714 g/mol. The molecule has 8 atom stereocenters. The molecule has 1 N–H and O–H groups in total. The number of rotatable bonds is 10. The van der Waals surface area contributed by atoms with Gasteiger partial charge < -0.3 is 23.7 Å². The van der Waals surface area contributed by atoms with Gasteiger partial charge in [0, 0.05) is 5.92 Å². The molecule has 6 fully saturated rings. The highest BCUT2D eigenvalue weighted by Gasteiger charge is 2.59. The van der Waals surface area contributed by atoms with E-state index < -0.39 is 49.5 Å². The van der Waals surface area contributed by atoms with E-state index in [2.05, 4.69) is 19.9 Å². The van der Waals surface area contributed by atoms with Crippen molar-refractivity contribution in [2.24, 2.45) is 45.8 Å². The molecule has 6 aliphatic carbocycles. The summed E-state index contributed by atoms with van der Waals surface area (Å²) in [6.07, 6.45) is 13.9. The van der Waals surface area contributed by atoms with Gasteiger partial charge in [-0.25, -0.2) is 4.79 Å². The standard InChI is InChI=1S/C39H56F2O11S/c1-25-12-27-6-3-9-36(15-25,17-27)32(42)50-23-35(24-51-33(43)37-10-4-7-28(18-37)13-26(2)16-37)21-48-31(49-22-35)30-14-29-8-5-11-38(19-29,20-30)52-34(44)39(40,41)53(45,46)47/h12,25-26,28-31H,3-11,13-24H2,1-2H3,(H,45,46,47). The van der Waals surface area contributed by atoms with E-state index >= 15 is 0 Å². The molecule has 5 saturated carbocycles. The SMILES string of the molecule is CC1C=C2CCCC(C(=O)OCC3(COC(=O)C45CCCC(CC(C)C4)C5)COC(C4CC5CCCC(OC(=O)C(F)(F)S(=O)(=O)O)(C5)C4)OC3)(C2)C1. The van der Waals surface area contributed by atoms with Crippen molar-refractivity contribution in [2.45, 2.75) is 140 Å². The van der Waals surface area contributed by atoms with E-state index in [1.165, 1.54) is 5.57 Å². The van der Waals surface area contributed by atoms with Crippen molar-refractivity contribution in [1.82, 2.24) is 0 Å². The first-order chi connectivity index (χ1) is 25.0. The number of allylic oxidation sites excluding steroid dienone is 2. The summed E-state index contributed by atoms with van der Waals surface area (Å²) in [4.78, 5) is 40.3. The summed E-state index contributed by atoms with van der Waals surface area (Å²) in [5, 5.41) is -5.09. The van der Waals surface area contributed by atoms with Crippen LogP contribution in [0.4, 0.5) is 8.78 Å². The number of hydrogen-bond acceptors (Lipinski definition) is 10. The van der Waals surface area contributed by atoms with E-state index in [4.69, 9.17) is 28.2 Å². The maximum absolute atomic E-state index is 14.3. The van der Waals surface area contributed by atoms with Crippen LogP contribution in [0.3, 0.4) is 0 Å². The van der Waals surface area contributed by atoms with Gasteiger partial charge in [0.2, 0.25) is 0 Å². The maximum Gasteiger partial charge on any atom is 0.465 e. The lowest BCUT2D eigenvalue weighted by Crippen LogP contribution is -2.55. The van der Waals surface area contributed by atoms with Crippen LogP contribution in [-0.4, -0.2) is 74.5 Å². The van der Waals surface area contributed by atoms with Gasteiger partial charge in [0.05, 0.1) is 29.5 Å². The molecule has 0 aromatic heterocycles. The fraction of sp³-hybridized carbons (Fsp3) is 0.872. The van der Waals surface area contributed by atoms with Gasteiger partial charge >= 0.3 is 33.3 Å². The molecule has 11 nitrogen and oxygen atoms in total. The second-order valence-electron chi connectivity index (χ2n) is 18.5. The van der Waals surface area contributed by atoms with Crippen molar-refractivity contribution in [3.8, 4) is 0 Å². The summed E-state index contributed by atoms with van der Waals surface area (Å²) in [5.41, 5.74) is -2.14. The number of ether oxygens (including phenoxy) is 5. The van der Waals surface area contributed by atoms with Gasteiger partial charge in [0.25, 0.3) is 0 Å². The van der Waals surface area contributed by atoms with E-state index in [9.17, 15) is 31.6 Å². The van der Waals surface area contributed by atoms with E-state index in [1.807, 2.05) is 0 Å². The number of carbonyl (C=O) groups is 3. The van der Waals surface area contributed by atoms with Crippen LogP contribution >= 0.6 is 0 Å². The molecule has 1 heterocycles. The lowest BCUT2D eigenvalue weighted by Gasteiger charge is -2.50. The molecule has 0 spiro atoms. The average Bonchev–Trinajstić information content (AvgIpc) is 3.08. The minimum atomic E-state index is -6.02. The molecule has 7 aliphatic rings. The first-order valence-electron chi connectivity index (χ1n) is 19.8. The predicted molar refractivity (Wildman–Crippen MR) is 186 cm³/mol. The third kappa shape index (κ3) is 7.81. The molecule has 0 aromatic carbocycles. The molecule has 8 unspecified atom stereocenters. The molecule has 0 amide bonds. The topological polar surface area (TPSA) is 152 Å². The van der Waals surface area contributed by atoms with E-state index in [0.717, 1.165) is 70.6 Å². The fourth-order valence-electron chi connectivity index (χ4n) is 11.7. The number of carbonyl (C=O) groups excluding carboxylic acids is 3. The van der Waals surface area contributed by atoms with Crippen LogP contribution < -0.4 is 0 Å². The van der Waals surface area contributed by atoms with Crippen LogP contribution in [0.1, 0.15) is 123 Å². The molecule has 14 heteroatoms. The molecule has 298 valence electrons. The summed E-state index contributed by atoms with van der Waals surface area (Å²) in [7, 11) is -6.02. The number of esters is 3. The van der Waals surface area contributed by atoms with E-state index in [0.29, 0.717) is 31.1 Å². The number of hydrogen-bond donors (Lipinski definition) is 1. The normalized spacial score (nSPS) is 41.4. The summed E-state index contributed by atoms with van der Waals surface area (Å²) in [6, 6.07) is 0. The molecule has 6 bridgehead atoms. The van der Waals surface area contributed by atoms with Crippen molar-refractivity contribution in [3.63, 3.8) is 0 Å². The third-order valence-corrected chi connectivity index (χ3v) is 14.6. The Balaban J connectivity index is 1.05. The van der Waals surface area contributed by atoms with Crippen LogP contribution in [-0.2, 0) is 48.2 Å². The smallest absolute Gasteiger partial charge is 0.464 e. The molecule has 1 saturated heterocycles. The Bertz CT molecular complexity index is 1570. The van der Waals surface area contributed by atoms with Gasteiger partial charge in [-0.3, -0.25) is 14.1 Å². The van der Waals surface area contributed by atoms with Gasteiger partial charge in [0.15, 0.2) is 6.29 Å². The van der Waals surface area contributed by atoms with Gasteiger partial charge in [-0.1, -0.05) is 44.8 Å². The number of halogens is 2. The first-order valence-corrected chi connectivity index (χ1v) is 21.2. The summed E-state index contributed by atoms with van der Waals surface area (Å²) in [5.74, 6) is -1.91. The average molecular weight is 771 g/mol. The summed E-state index contributed by atoms with van der Waals surface area (Å²) < 4.78 is 90.5. The minimum absolute atomic E-state index is 0.00140.